The molecule has 3 rings (SSSR count). The van der Waals surface area contributed by atoms with Gasteiger partial charge >= 0.3 is 0 Å². The van der Waals surface area contributed by atoms with E-state index in [1.54, 1.807) is 0 Å². The highest BCUT2D eigenvalue weighted by atomic mass is 79.9. The molecule has 0 saturated heterocycles. The summed E-state index contributed by atoms with van der Waals surface area (Å²) < 4.78 is 0.942. The van der Waals surface area contributed by atoms with Crippen molar-refractivity contribution in [2.24, 2.45) is 5.92 Å². The van der Waals surface area contributed by atoms with Crippen LogP contribution in [0.4, 0.5) is 0 Å². The van der Waals surface area contributed by atoms with Crippen LogP contribution in [0, 0.1) is 5.92 Å². The summed E-state index contributed by atoms with van der Waals surface area (Å²) in [6.45, 7) is 11.7. The van der Waals surface area contributed by atoms with Gasteiger partial charge in [-0.2, -0.15) is 0 Å². The fourth-order valence-corrected chi connectivity index (χ4v) is 4.31. The largest absolute Gasteiger partial charge is 0.352 e. The summed E-state index contributed by atoms with van der Waals surface area (Å²) >= 11 is 3.55. The van der Waals surface area contributed by atoms with Gasteiger partial charge in [-0.05, 0) is 47.6 Å². The number of rotatable bonds is 8. The van der Waals surface area contributed by atoms with Crippen molar-refractivity contribution in [2.75, 3.05) is 6.54 Å². The minimum atomic E-state index is -0.0296. The number of halogens is 1. The van der Waals surface area contributed by atoms with E-state index in [-0.39, 0.29) is 11.3 Å². The molecule has 0 aliphatic rings. The van der Waals surface area contributed by atoms with Gasteiger partial charge in [0.1, 0.15) is 0 Å². The number of carbonyl (C=O) groups excluding carboxylic acids is 1. The fourth-order valence-electron chi connectivity index (χ4n) is 3.95. The van der Waals surface area contributed by atoms with Crippen molar-refractivity contribution in [3.05, 3.63) is 64.1 Å². The van der Waals surface area contributed by atoms with Gasteiger partial charge in [0.25, 0.3) is 5.91 Å². The molecule has 3 nitrogen and oxygen atoms in total. The second kappa shape index (κ2) is 10.6. The number of hydrogen-bond acceptors (Lipinski definition) is 2. The van der Waals surface area contributed by atoms with Crippen LogP contribution in [-0.4, -0.2) is 17.4 Å². The third-order valence-electron chi connectivity index (χ3n) is 6.16. The summed E-state index contributed by atoms with van der Waals surface area (Å²) in [6.07, 6.45) is 4.62. The Kier molecular flexibility index (Phi) is 8.10. The second-order valence-corrected chi connectivity index (χ2v) is 10.6. The molecule has 1 atom stereocenters. The highest BCUT2D eigenvalue weighted by Gasteiger charge is 2.17. The minimum absolute atomic E-state index is 0.0296. The summed E-state index contributed by atoms with van der Waals surface area (Å²) in [5, 5.41) is 4.07. The van der Waals surface area contributed by atoms with Crippen molar-refractivity contribution in [1.82, 2.24) is 10.3 Å². The Balaban J connectivity index is 1.96. The standard InChI is InChI=1S/C28H35BrN2O/c1-6-8-9-19(7-2)18-30-27(32)24-17-26(31-25-15-14-22(29)16-23(24)25)20-10-12-21(13-11-20)28(3,4)5/h10-17,19H,6-9,18H2,1-5H3,(H,30,32)/t19-/m0/s1. The number of nitrogens with zero attached hydrogens (tertiary/aromatic N) is 1. The summed E-state index contributed by atoms with van der Waals surface area (Å²) in [7, 11) is 0. The molecule has 2 aromatic carbocycles. The molecular weight excluding hydrogens is 460 g/mol. The lowest BCUT2D eigenvalue weighted by molar-refractivity contribution is 0.0947. The number of unbranched alkanes of at least 4 members (excludes halogenated alkanes) is 1. The highest BCUT2D eigenvalue weighted by molar-refractivity contribution is 9.10. The molecule has 1 heterocycles. The van der Waals surface area contributed by atoms with Gasteiger partial charge in [-0.1, -0.05) is 94.1 Å². The predicted molar refractivity (Wildman–Crippen MR) is 139 cm³/mol. The van der Waals surface area contributed by atoms with Crippen molar-refractivity contribution in [3.63, 3.8) is 0 Å². The first-order valence-corrected chi connectivity index (χ1v) is 12.5. The number of fused-ring (bicyclic) bond motifs is 1. The first-order valence-electron chi connectivity index (χ1n) is 11.7. The van der Waals surface area contributed by atoms with Crippen molar-refractivity contribution >= 4 is 32.7 Å². The molecule has 4 heteroatoms. The topological polar surface area (TPSA) is 42.0 Å². The van der Waals surface area contributed by atoms with Crippen LogP contribution in [0.1, 0.15) is 76.2 Å². The predicted octanol–water partition coefficient (Wildman–Crippen LogP) is 7.91. The third-order valence-corrected chi connectivity index (χ3v) is 6.65. The molecular formula is C28H35BrN2O. The van der Waals surface area contributed by atoms with Crippen molar-refractivity contribution < 1.29 is 4.79 Å². The van der Waals surface area contributed by atoms with Gasteiger partial charge in [-0.15, -0.1) is 0 Å². The summed E-state index contributed by atoms with van der Waals surface area (Å²) in [4.78, 5) is 18.2. The third kappa shape index (κ3) is 5.98. The van der Waals surface area contributed by atoms with Gasteiger partial charge in [0.15, 0.2) is 0 Å². The van der Waals surface area contributed by atoms with E-state index in [4.69, 9.17) is 4.98 Å². The van der Waals surface area contributed by atoms with Crippen LogP contribution in [-0.2, 0) is 5.41 Å². The zero-order valence-electron chi connectivity index (χ0n) is 20.0. The van der Waals surface area contributed by atoms with Crippen LogP contribution in [0.3, 0.4) is 0 Å². The average molecular weight is 496 g/mol. The van der Waals surface area contributed by atoms with Gasteiger partial charge in [0.05, 0.1) is 16.8 Å². The zero-order chi connectivity index (χ0) is 23.3. The summed E-state index contributed by atoms with van der Waals surface area (Å²) in [5.41, 5.74) is 4.72. The van der Waals surface area contributed by atoms with Crippen LogP contribution >= 0.6 is 15.9 Å². The zero-order valence-corrected chi connectivity index (χ0v) is 21.6. The number of pyridine rings is 1. The molecule has 0 fully saturated rings. The minimum Gasteiger partial charge on any atom is -0.352 e. The summed E-state index contributed by atoms with van der Waals surface area (Å²) in [6, 6.07) is 16.4. The Morgan fingerprint density at radius 2 is 1.78 bits per heavy atom. The first-order chi connectivity index (χ1) is 15.2. The molecule has 0 aliphatic heterocycles. The van der Waals surface area contributed by atoms with E-state index in [0.717, 1.165) is 39.5 Å². The quantitative estimate of drug-likeness (QED) is 0.345. The number of benzene rings is 2. The molecule has 0 saturated carbocycles. The van der Waals surface area contributed by atoms with E-state index in [1.807, 2.05) is 24.3 Å². The van der Waals surface area contributed by atoms with Crippen LogP contribution in [0.15, 0.2) is 53.0 Å². The van der Waals surface area contributed by atoms with E-state index in [0.29, 0.717) is 18.0 Å². The van der Waals surface area contributed by atoms with E-state index in [9.17, 15) is 4.79 Å². The van der Waals surface area contributed by atoms with Gasteiger partial charge in [-0.3, -0.25) is 4.79 Å². The molecule has 32 heavy (non-hydrogen) atoms. The molecule has 3 aromatic rings. The normalized spacial score (nSPS) is 12.7. The van der Waals surface area contributed by atoms with Crippen molar-refractivity contribution in [3.8, 4) is 11.3 Å². The van der Waals surface area contributed by atoms with Gasteiger partial charge < -0.3 is 5.32 Å². The Morgan fingerprint density at radius 1 is 1.06 bits per heavy atom. The molecule has 0 unspecified atom stereocenters. The van der Waals surface area contributed by atoms with Crippen LogP contribution in [0.5, 0.6) is 0 Å². The molecule has 0 aliphatic carbocycles. The van der Waals surface area contributed by atoms with Gasteiger partial charge in [-0.25, -0.2) is 4.98 Å². The van der Waals surface area contributed by atoms with Crippen molar-refractivity contribution in [1.29, 1.82) is 0 Å². The molecule has 170 valence electrons. The Hall–Kier alpha value is -2.20. The SMILES string of the molecule is CCCC[C@H](CC)CNC(=O)c1cc(-c2ccc(C(C)(C)C)cc2)nc2ccc(Br)cc12. The van der Waals surface area contributed by atoms with Crippen LogP contribution in [0.2, 0.25) is 0 Å². The van der Waals surface area contributed by atoms with Gasteiger partial charge in [0, 0.05) is 22.0 Å². The first kappa shape index (κ1) is 24.4. The fraction of sp³-hybridized carbons (Fsp3) is 0.429. The second-order valence-electron chi connectivity index (χ2n) is 9.67. The average Bonchev–Trinajstić information content (AvgIpc) is 2.78. The number of carbonyl (C=O) groups is 1. The maximum atomic E-state index is 13.3. The monoisotopic (exact) mass is 494 g/mol. The maximum Gasteiger partial charge on any atom is 0.252 e. The maximum absolute atomic E-state index is 13.3. The van der Waals surface area contributed by atoms with E-state index >= 15 is 0 Å². The van der Waals surface area contributed by atoms with Crippen molar-refractivity contribution in [2.45, 2.75) is 65.7 Å². The lowest BCUT2D eigenvalue weighted by Crippen LogP contribution is -2.29. The molecule has 1 aromatic heterocycles. The van der Waals surface area contributed by atoms with E-state index in [1.165, 1.54) is 18.4 Å². The number of hydrogen-bond donors (Lipinski definition) is 1. The number of aromatic nitrogens is 1. The molecule has 0 radical (unpaired) electrons. The molecule has 0 spiro atoms. The lowest BCUT2D eigenvalue weighted by atomic mass is 9.86. The molecule has 1 N–H and O–H groups in total. The summed E-state index contributed by atoms with van der Waals surface area (Å²) in [5.74, 6) is 0.487. The Bertz CT molecular complexity index is 1070. The highest BCUT2D eigenvalue weighted by Crippen LogP contribution is 2.29. The molecule has 0 bridgehead atoms. The Morgan fingerprint density at radius 3 is 2.41 bits per heavy atom. The van der Waals surface area contributed by atoms with Gasteiger partial charge in [0.2, 0.25) is 0 Å². The van der Waals surface area contributed by atoms with Crippen LogP contribution < -0.4 is 5.32 Å². The lowest BCUT2D eigenvalue weighted by Gasteiger charge is -2.19. The smallest absolute Gasteiger partial charge is 0.252 e. The number of nitrogens with one attached hydrogen (secondary N) is 1. The molecule has 1 amide bonds. The van der Waals surface area contributed by atoms with E-state index in [2.05, 4.69) is 80.1 Å². The van der Waals surface area contributed by atoms with Crippen LogP contribution in [0.25, 0.3) is 22.2 Å². The Labute approximate surface area is 201 Å². The van der Waals surface area contributed by atoms with E-state index < -0.39 is 0 Å². The number of amides is 1.